The number of hydrogen-bond donors (Lipinski definition) is 0. The fraction of sp³-hybridized carbons (Fsp3) is 0.0556. The van der Waals surface area contributed by atoms with E-state index in [1.807, 2.05) is 30.3 Å². The van der Waals surface area contributed by atoms with Gasteiger partial charge >= 0.3 is 0 Å². The van der Waals surface area contributed by atoms with E-state index in [4.69, 9.17) is 9.40 Å². The number of aromatic nitrogens is 1. The lowest BCUT2D eigenvalue weighted by molar-refractivity contribution is 0.623. The number of hydrogen-bond acceptors (Lipinski definition) is 3. The summed E-state index contributed by atoms with van der Waals surface area (Å²) in [6, 6.07) is 69.8. The summed E-state index contributed by atoms with van der Waals surface area (Å²) >= 11 is 0. The van der Waals surface area contributed by atoms with E-state index in [1.165, 1.54) is 44.2 Å². The van der Waals surface area contributed by atoms with Crippen molar-refractivity contribution < 1.29 is 4.42 Å². The van der Waals surface area contributed by atoms with Crippen LogP contribution in [0.1, 0.15) is 25.0 Å². The zero-order chi connectivity index (χ0) is 38.1. The Bertz CT molecular complexity index is 3120. The maximum atomic E-state index is 6.54. The van der Waals surface area contributed by atoms with Crippen molar-refractivity contribution in [1.29, 1.82) is 0 Å². The molecule has 3 heteroatoms. The summed E-state index contributed by atoms with van der Waals surface area (Å²) in [6.45, 7) is 4.67. The van der Waals surface area contributed by atoms with Crippen LogP contribution in [0.5, 0.6) is 0 Å². The highest BCUT2D eigenvalue weighted by Crippen LogP contribution is 2.51. The van der Waals surface area contributed by atoms with Gasteiger partial charge in [0, 0.05) is 33.4 Å². The van der Waals surface area contributed by atoms with Crippen molar-refractivity contribution in [3.8, 4) is 44.8 Å². The molecule has 0 N–H and O–H groups in total. The molecule has 0 amide bonds. The number of benzene rings is 9. The molecule has 0 saturated heterocycles. The molecule has 0 spiro atoms. The zero-order valence-electron chi connectivity index (χ0n) is 31.8. The Morgan fingerprint density at radius 2 is 0.965 bits per heavy atom. The molecular formula is C54H38N2O. The van der Waals surface area contributed by atoms with Gasteiger partial charge in [-0.2, -0.15) is 0 Å². The van der Waals surface area contributed by atoms with Crippen LogP contribution in [-0.2, 0) is 5.41 Å². The second-order valence-corrected chi connectivity index (χ2v) is 15.6. The first-order valence-corrected chi connectivity index (χ1v) is 19.6. The SMILES string of the molecule is CC1(C)c2ccccc2-c2cc(N(c3ccc(-c4ccccc4)cc3)c3ccc(-c4cc5c(ccc6nc(-c7ccccc7)oc65)c5ccccc45)cc3)ccc21. The predicted molar refractivity (Wildman–Crippen MR) is 238 cm³/mol. The quantitative estimate of drug-likeness (QED) is 0.160. The average molecular weight is 731 g/mol. The summed E-state index contributed by atoms with van der Waals surface area (Å²) in [7, 11) is 0. The van der Waals surface area contributed by atoms with Crippen molar-refractivity contribution in [2.75, 3.05) is 4.90 Å². The first kappa shape index (κ1) is 33.1. The third kappa shape index (κ3) is 5.38. The van der Waals surface area contributed by atoms with E-state index in [9.17, 15) is 0 Å². The number of nitrogens with zero attached hydrogens (tertiary/aromatic N) is 2. The standard InChI is InChI=1S/C54H38N2O/c1-54(2)49-20-12-11-19-45(49)47-33-41(29-31-50(47)54)56(39-25-21-36(22-26-39)35-13-5-3-6-14-35)40-27-23-37(24-28-40)46-34-48-44(42-17-9-10-18-43(42)46)30-32-51-52(48)57-53(55-51)38-15-7-4-8-16-38/h3-34H,1-2H3. The minimum Gasteiger partial charge on any atom is -0.435 e. The maximum absolute atomic E-state index is 6.54. The predicted octanol–water partition coefficient (Wildman–Crippen LogP) is 14.9. The number of anilines is 3. The maximum Gasteiger partial charge on any atom is 0.227 e. The van der Waals surface area contributed by atoms with Crippen LogP contribution in [-0.4, -0.2) is 4.98 Å². The van der Waals surface area contributed by atoms with Crippen molar-refractivity contribution in [2.24, 2.45) is 0 Å². The smallest absolute Gasteiger partial charge is 0.227 e. The van der Waals surface area contributed by atoms with Crippen molar-refractivity contribution in [1.82, 2.24) is 4.98 Å². The first-order chi connectivity index (χ1) is 28.0. The van der Waals surface area contributed by atoms with Crippen LogP contribution in [0.2, 0.25) is 0 Å². The fourth-order valence-electron chi connectivity index (χ4n) is 9.03. The highest BCUT2D eigenvalue weighted by Gasteiger charge is 2.35. The van der Waals surface area contributed by atoms with Gasteiger partial charge in [0.25, 0.3) is 0 Å². The zero-order valence-corrected chi connectivity index (χ0v) is 31.8. The molecule has 57 heavy (non-hydrogen) atoms. The molecule has 0 radical (unpaired) electrons. The molecule has 3 nitrogen and oxygen atoms in total. The van der Waals surface area contributed by atoms with E-state index in [0.29, 0.717) is 5.89 Å². The van der Waals surface area contributed by atoms with Gasteiger partial charge in [0.2, 0.25) is 5.89 Å². The summed E-state index contributed by atoms with van der Waals surface area (Å²) in [5.41, 5.74) is 15.9. The third-order valence-corrected chi connectivity index (χ3v) is 11.9. The van der Waals surface area contributed by atoms with Gasteiger partial charge in [-0.1, -0.05) is 147 Å². The first-order valence-electron chi connectivity index (χ1n) is 19.6. The molecule has 9 aromatic carbocycles. The van der Waals surface area contributed by atoms with Crippen LogP contribution in [0.3, 0.4) is 0 Å². The van der Waals surface area contributed by atoms with Gasteiger partial charge in [0.05, 0.1) is 0 Å². The Hall–Kier alpha value is -7.23. The molecule has 1 aliphatic rings. The molecular weight excluding hydrogens is 693 g/mol. The lowest BCUT2D eigenvalue weighted by atomic mass is 9.82. The summed E-state index contributed by atoms with van der Waals surface area (Å²) in [5.74, 6) is 0.632. The van der Waals surface area contributed by atoms with E-state index in [0.717, 1.165) is 55.6 Å². The molecule has 1 aromatic heterocycles. The highest BCUT2D eigenvalue weighted by atomic mass is 16.3. The molecule has 270 valence electrons. The number of fused-ring (bicyclic) bond motifs is 8. The minimum absolute atomic E-state index is 0.0582. The van der Waals surface area contributed by atoms with Gasteiger partial charge in [-0.05, 0) is 121 Å². The molecule has 0 unspecified atom stereocenters. The molecule has 0 bridgehead atoms. The van der Waals surface area contributed by atoms with E-state index in [-0.39, 0.29) is 5.41 Å². The summed E-state index contributed by atoms with van der Waals surface area (Å²) in [6.07, 6.45) is 0. The largest absolute Gasteiger partial charge is 0.435 e. The van der Waals surface area contributed by atoms with Crippen LogP contribution >= 0.6 is 0 Å². The van der Waals surface area contributed by atoms with Crippen molar-refractivity contribution in [2.45, 2.75) is 19.3 Å². The van der Waals surface area contributed by atoms with Crippen LogP contribution in [0.15, 0.2) is 199 Å². The molecule has 1 aliphatic carbocycles. The number of oxazole rings is 1. The Balaban J connectivity index is 1.05. The van der Waals surface area contributed by atoms with Gasteiger partial charge in [-0.3, -0.25) is 0 Å². The normalized spacial score (nSPS) is 12.9. The van der Waals surface area contributed by atoms with Crippen LogP contribution in [0.4, 0.5) is 17.1 Å². The summed E-state index contributed by atoms with van der Waals surface area (Å²) in [4.78, 5) is 7.28. The van der Waals surface area contributed by atoms with Crippen LogP contribution in [0.25, 0.3) is 77.5 Å². The second-order valence-electron chi connectivity index (χ2n) is 15.6. The van der Waals surface area contributed by atoms with Crippen molar-refractivity contribution in [3.63, 3.8) is 0 Å². The molecule has 10 aromatic rings. The van der Waals surface area contributed by atoms with Crippen LogP contribution < -0.4 is 4.90 Å². The third-order valence-electron chi connectivity index (χ3n) is 11.9. The van der Waals surface area contributed by atoms with Crippen LogP contribution in [0, 0.1) is 0 Å². The van der Waals surface area contributed by atoms with Gasteiger partial charge < -0.3 is 9.32 Å². The molecule has 1 heterocycles. The summed E-state index contributed by atoms with van der Waals surface area (Å²) in [5, 5.41) is 4.60. The van der Waals surface area contributed by atoms with Crippen molar-refractivity contribution >= 4 is 49.7 Å². The second kappa shape index (κ2) is 12.9. The Labute approximate surface area is 332 Å². The molecule has 0 atom stereocenters. The van der Waals surface area contributed by atoms with Gasteiger partial charge in [-0.25, -0.2) is 4.98 Å². The lowest BCUT2D eigenvalue weighted by Gasteiger charge is -2.27. The van der Waals surface area contributed by atoms with E-state index in [1.54, 1.807) is 0 Å². The van der Waals surface area contributed by atoms with Gasteiger partial charge in [0.15, 0.2) is 5.58 Å². The highest BCUT2D eigenvalue weighted by molar-refractivity contribution is 6.19. The Morgan fingerprint density at radius 1 is 0.404 bits per heavy atom. The summed E-state index contributed by atoms with van der Waals surface area (Å²) < 4.78 is 6.54. The van der Waals surface area contributed by atoms with Gasteiger partial charge in [-0.15, -0.1) is 0 Å². The van der Waals surface area contributed by atoms with E-state index in [2.05, 4.69) is 183 Å². The molecule has 0 aliphatic heterocycles. The monoisotopic (exact) mass is 730 g/mol. The molecule has 0 saturated carbocycles. The molecule has 0 fully saturated rings. The number of rotatable bonds is 6. The molecule has 11 rings (SSSR count). The fourth-order valence-corrected chi connectivity index (χ4v) is 9.03. The van der Waals surface area contributed by atoms with Gasteiger partial charge in [0.1, 0.15) is 5.52 Å². The lowest BCUT2D eigenvalue weighted by Crippen LogP contribution is -2.15. The van der Waals surface area contributed by atoms with Crippen molar-refractivity contribution in [3.05, 3.63) is 205 Å². The minimum atomic E-state index is -0.0582. The van der Waals surface area contributed by atoms with E-state index >= 15 is 0 Å². The topological polar surface area (TPSA) is 29.3 Å². The van der Waals surface area contributed by atoms with E-state index < -0.39 is 0 Å². The Morgan fingerprint density at radius 3 is 1.70 bits per heavy atom. The Kier molecular flexibility index (Phi) is 7.52. The average Bonchev–Trinajstić information content (AvgIpc) is 3.81.